The molecule has 1 aromatic heterocycles. The smallest absolute Gasteiger partial charge is 0.207 e. The Morgan fingerprint density at radius 3 is 2.35 bits per heavy atom. The molecule has 0 unspecified atom stereocenters. The number of fused-ring (bicyclic) bond motifs is 1. The summed E-state index contributed by atoms with van der Waals surface area (Å²) in [5.74, 6) is 0.885. The summed E-state index contributed by atoms with van der Waals surface area (Å²) in [6.07, 6.45) is 0. The molecule has 0 aliphatic rings. The molecular weight excluding hydrogens is 276 g/mol. The van der Waals surface area contributed by atoms with Crippen molar-refractivity contribution in [3.8, 4) is 11.3 Å². The minimum Gasteiger partial charge on any atom is -0.207 e. The van der Waals surface area contributed by atoms with Crippen LogP contribution in [0.4, 0.5) is 0 Å². The van der Waals surface area contributed by atoms with Gasteiger partial charge in [-0.1, -0.05) is 28.1 Å². The standard InChI is InChI=1S/C15H10BrO/c16-13-8-5-12(6-9-13)15-10-7-11-3-1-2-4-14(11)17-15/h1-10H/q+1. The molecule has 2 heteroatoms. The van der Waals surface area contributed by atoms with Gasteiger partial charge in [0.25, 0.3) is 0 Å². The average molecular weight is 286 g/mol. The van der Waals surface area contributed by atoms with Gasteiger partial charge >= 0.3 is 11.3 Å². The van der Waals surface area contributed by atoms with Gasteiger partial charge in [0.05, 0.1) is 10.9 Å². The van der Waals surface area contributed by atoms with E-state index in [1.54, 1.807) is 0 Å². The van der Waals surface area contributed by atoms with Crippen LogP contribution in [-0.2, 0) is 0 Å². The Balaban J connectivity index is 2.14. The maximum atomic E-state index is 5.87. The molecule has 0 fully saturated rings. The molecule has 17 heavy (non-hydrogen) atoms. The minimum absolute atomic E-state index is 0.885. The van der Waals surface area contributed by atoms with E-state index in [1.807, 2.05) is 54.6 Å². The first-order chi connectivity index (χ1) is 8.33. The van der Waals surface area contributed by atoms with E-state index in [2.05, 4.69) is 22.0 Å². The summed E-state index contributed by atoms with van der Waals surface area (Å²) in [6.45, 7) is 0. The van der Waals surface area contributed by atoms with Gasteiger partial charge in [0.1, 0.15) is 0 Å². The highest BCUT2D eigenvalue weighted by Gasteiger charge is 2.13. The zero-order chi connectivity index (χ0) is 11.7. The number of benzene rings is 2. The molecular formula is C15H10BrO+. The summed E-state index contributed by atoms with van der Waals surface area (Å²) in [5, 5.41) is 1.12. The molecule has 3 aromatic rings. The summed E-state index contributed by atoms with van der Waals surface area (Å²) in [4.78, 5) is 0. The van der Waals surface area contributed by atoms with Gasteiger partial charge < -0.3 is 0 Å². The lowest BCUT2D eigenvalue weighted by molar-refractivity contribution is 0.620. The third kappa shape index (κ3) is 2.08. The van der Waals surface area contributed by atoms with Crippen molar-refractivity contribution in [3.05, 3.63) is 65.1 Å². The maximum absolute atomic E-state index is 5.87. The van der Waals surface area contributed by atoms with E-state index in [0.717, 1.165) is 26.8 Å². The number of rotatable bonds is 1. The largest absolute Gasteiger partial charge is 0.360 e. The van der Waals surface area contributed by atoms with Crippen molar-refractivity contribution >= 4 is 26.9 Å². The van der Waals surface area contributed by atoms with Crippen LogP contribution in [0.15, 0.2) is 69.6 Å². The number of halogens is 1. The fourth-order valence-electron chi connectivity index (χ4n) is 1.80. The van der Waals surface area contributed by atoms with Crippen molar-refractivity contribution in [2.24, 2.45) is 0 Å². The highest BCUT2D eigenvalue weighted by molar-refractivity contribution is 9.10. The lowest BCUT2D eigenvalue weighted by Gasteiger charge is -1.93. The Labute approximate surface area is 108 Å². The number of hydrogen-bond donors (Lipinski definition) is 0. The van der Waals surface area contributed by atoms with E-state index in [1.165, 1.54) is 0 Å². The monoisotopic (exact) mass is 285 g/mol. The molecule has 0 atom stereocenters. The fourth-order valence-corrected chi connectivity index (χ4v) is 2.06. The Hall–Kier alpha value is -1.67. The first kappa shape index (κ1) is 10.5. The average Bonchev–Trinajstić information content (AvgIpc) is 2.39. The molecule has 1 nitrogen and oxygen atoms in total. The predicted octanol–water partition coefficient (Wildman–Crippen LogP) is 5.14. The Bertz CT molecular complexity index is 659. The third-order valence-electron chi connectivity index (χ3n) is 2.68. The molecule has 1 heterocycles. The van der Waals surface area contributed by atoms with Gasteiger partial charge in [-0.25, -0.2) is 4.42 Å². The van der Waals surface area contributed by atoms with Crippen LogP contribution in [0, 0.1) is 0 Å². The van der Waals surface area contributed by atoms with Gasteiger partial charge in [0, 0.05) is 16.6 Å². The first-order valence-electron chi connectivity index (χ1n) is 5.41. The van der Waals surface area contributed by atoms with E-state index in [9.17, 15) is 0 Å². The summed E-state index contributed by atoms with van der Waals surface area (Å²) < 4.78 is 6.94. The van der Waals surface area contributed by atoms with Crippen LogP contribution in [0.2, 0.25) is 0 Å². The molecule has 0 radical (unpaired) electrons. The third-order valence-corrected chi connectivity index (χ3v) is 3.21. The SMILES string of the molecule is Brc1ccc(-c2ccc3ccccc3[o+]2)cc1. The van der Waals surface area contributed by atoms with Crippen LogP contribution in [0.25, 0.3) is 22.3 Å². The molecule has 2 aromatic carbocycles. The highest BCUT2D eigenvalue weighted by atomic mass is 79.9. The molecule has 0 amide bonds. The van der Waals surface area contributed by atoms with Crippen molar-refractivity contribution in [2.45, 2.75) is 0 Å². The summed E-state index contributed by atoms with van der Waals surface area (Å²) in [7, 11) is 0. The van der Waals surface area contributed by atoms with Crippen LogP contribution < -0.4 is 0 Å². The molecule has 0 saturated carbocycles. The zero-order valence-corrected chi connectivity index (χ0v) is 10.6. The van der Waals surface area contributed by atoms with Crippen LogP contribution in [-0.4, -0.2) is 0 Å². The van der Waals surface area contributed by atoms with Gasteiger partial charge in [-0.15, -0.1) is 0 Å². The van der Waals surface area contributed by atoms with E-state index in [-0.39, 0.29) is 0 Å². The normalized spacial score (nSPS) is 10.6. The van der Waals surface area contributed by atoms with Crippen molar-refractivity contribution in [1.29, 1.82) is 0 Å². The summed E-state index contributed by atoms with van der Waals surface area (Å²) in [5.41, 5.74) is 1.99. The Morgan fingerprint density at radius 1 is 0.765 bits per heavy atom. The molecule has 0 saturated heterocycles. The Kier molecular flexibility index (Phi) is 2.65. The molecule has 0 aliphatic carbocycles. The number of hydrogen-bond acceptors (Lipinski definition) is 0. The van der Waals surface area contributed by atoms with Crippen molar-refractivity contribution in [3.63, 3.8) is 0 Å². The van der Waals surface area contributed by atoms with E-state index >= 15 is 0 Å². The molecule has 0 spiro atoms. The van der Waals surface area contributed by atoms with Gasteiger partial charge in [0.2, 0.25) is 0 Å². The van der Waals surface area contributed by atoms with Crippen molar-refractivity contribution in [1.82, 2.24) is 0 Å². The fraction of sp³-hybridized carbons (Fsp3) is 0. The second-order valence-electron chi connectivity index (χ2n) is 3.84. The van der Waals surface area contributed by atoms with Crippen LogP contribution in [0.3, 0.4) is 0 Å². The van der Waals surface area contributed by atoms with Crippen LogP contribution >= 0.6 is 15.9 Å². The molecule has 0 N–H and O–H groups in total. The van der Waals surface area contributed by atoms with Gasteiger partial charge in [-0.3, -0.25) is 0 Å². The van der Waals surface area contributed by atoms with Gasteiger partial charge in [-0.2, -0.15) is 0 Å². The lowest BCUT2D eigenvalue weighted by atomic mass is 10.1. The predicted molar refractivity (Wildman–Crippen MR) is 73.8 cm³/mol. The second-order valence-corrected chi connectivity index (χ2v) is 4.76. The maximum Gasteiger partial charge on any atom is 0.360 e. The molecule has 0 aliphatic heterocycles. The highest BCUT2D eigenvalue weighted by Crippen LogP contribution is 2.25. The van der Waals surface area contributed by atoms with Crippen molar-refractivity contribution in [2.75, 3.05) is 0 Å². The molecule has 3 rings (SSSR count). The zero-order valence-electron chi connectivity index (χ0n) is 9.06. The second kappa shape index (κ2) is 4.30. The quantitative estimate of drug-likeness (QED) is 0.563. The number of para-hydroxylation sites is 1. The van der Waals surface area contributed by atoms with Crippen LogP contribution in [0.1, 0.15) is 0 Å². The lowest BCUT2D eigenvalue weighted by Crippen LogP contribution is -1.78. The van der Waals surface area contributed by atoms with E-state index in [0.29, 0.717) is 0 Å². The van der Waals surface area contributed by atoms with Gasteiger partial charge in [-0.05, 0) is 36.4 Å². The topological polar surface area (TPSA) is 11.3 Å². The summed E-state index contributed by atoms with van der Waals surface area (Å²) in [6, 6.07) is 20.2. The minimum atomic E-state index is 0.885. The van der Waals surface area contributed by atoms with Gasteiger partial charge in [0.15, 0.2) is 0 Å². The van der Waals surface area contributed by atoms with Crippen LogP contribution in [0.5, 0.6) is 0 Å². The first-order valence-corrected chi connectivity index (χ1v) is 6.20. The van der Waals surface area contributed by atoms with Crippen molar-refractivity contribution < 1.29 is 4.42 Å². The summed E-state index contributed by atoms with van der Waals surface area (Å²) >= 11 is 3.43. The molecule has 0 bridgehead atoms. The van der Waals surface area contributed by atoms with E-state index < -0.39 is 0 Å². The van der Waals surface area contributed by atoms with E-state index in [4.69, 9.17) is 4.42 Å². The molecule has 82 valence electrons. The Morgan fingerprint density at radius 2 is 1.53 bits per heavy atom.